The highest BCUT2D eigenvalue weighted by atomic mass is 16.4. The fourth-order valence-electron chi connectivity index (χ4n) is 2.75. The second kappa shape index (κ2) is 6.46. The molecule has 6 nitrogen and oxygen atoms in total. The van der Waals surface area contributed by atoms with Crippen LogP contribution >= 0.6 is 0 Å². The number of anilines is 1. The van der Waals surface area contributed by atoms with Crippen LogP contribution in [0.15, 0.2) is 52.9 Å². The molecule has 0 fully saturated rings. The number of hydrogen-bond donors (Lipinski definition) is 1. The molecular weight excluding hydrogens is 338 g/mol. The number of fused-ring (bicyclic) bond motifs is 1. The second-order valence-corrected chi connectivity index (χ2v) is 7.57. The van der Waals surface area contributed by atoms with Crippen LogP contribution in [-0.2, 0) is 0 Å². The molecule has 1 N–H and O–H groups in total. The summed E-state index contributed by atoms with van der Waals surface area (Å²) < 4.78 is 5.85. The maximum Gasteiger partial charge on any atom is 0.286 e. The molecule has 0 saturated heterocycles. The van der Waals surface area contributed by atoms with Gasteiger partial charge in [-0.15, -0.1) is 10.2 Å². The van der Waals surface area contributed by atoms with Crippen LogP contribution in [0.25, 0.3) is 34.1 Å². The molecule has 27 heavy (non-hydrogen) atoms. The third-order valence-corrected chi connectivity index (χ3v) is 4.01. The summed E-state index contributed by atoms with van der Waals surface area (Å²) >= 11 is 0. The Morgan fingerprint density at radius 3 is 2.30 bits per heavy atom. The van der Waals surface area contributed by atoms with Gasteiger partial charge in [0.2, 0.25) is 11.7 Å². The Hall–Kier alpha value is -3.28. The molecule has 0 spiro atoms. The topological polar surface area (TPSA) is 76.7 Å². The number of nitrogens with zero attached hydrogens (tertiary/aromatic N) is 4. The molecule has 0 aliphatic heterocycles. The first kappa shape index (κ1) is 17.1. The van der Waals surface area contributed by atoms with Gasteiger partial charge in [-0.05, 0) is 52.0 Å². The molecule has 6 heteroatoms. The maximum atomic E-state index is 5.85. The largest absolute Gasteiger partial charge is 0.413 e. The van der Waals surface area contributed by atoms with Gasteiger partial charge in [0, 0.05) is 16.5 Å². The fraction of sp³-hybridized carbons (Fsp3) is 0.238. The van der Waals surface area contributed by atoms with E-state index in [1.165, 1.54) is 5.56 Å². The molecule has 0 amide bonds. The fourth-order valence-corrected chi connectivity index (χ4v) is 2.75. The average molecular weight is 359 g/mol. The Balaban J connectivity index is 1.79. The van der Waals surface area contributed by atoms with Crippen LogP contribution < -0.4 is 5.32 Å². The Morgan fingerprint density at radius 1 is 0.852 bits per heavy atom. The summed E-state index contributed by atoms with van der Waals surface area (Å²) in [5, 5.41) is 12.7. The van der Waals surface area contributed by atoms with Crippen LogP contribution in [-0.4, -0.2) is 25.7 Å². The summed E-state index contributed by atoms with van der Waals surface area (Å²) in [5.74, 6) is 1.91. The van der Waals surface area contributed by atoms with Gasteiger partial charge < -0.3 is 9.73 Å². The van der Waals surface area contributed by atoms with Gasteiger partial charge in [0.05, 0.1) is 5.52 Å². The molecule has 0 saturated carbocycles. The van der Waals surface area contributed by atoms with Crippen molar-refractivity contribution in [1.82, 2.24) is 20.2 Å². The third kappa shape index (κ3) is 3.65. The Morgan fingerprint density at radius 2 is 1.56 bits per heavy atom. The minimum atomic E-state index is -0.143. The first-order valence-corrected chi connectivity index (χ1v) is 8.85. The van der Waals surface area contributed by atoms with E-state index in [4.69, 9.17) is 4.42 Å². The van der Waals surface area contributed by atoms with Crippen molar-refractivity contribution in [2.24, 2.45) is 0 Å². The lowest BCUT2D eigenvalue weighted by atomic mass is 10.1. The zero-order chi connectivity index (χ0) is 19.0. The predicted octanol–water partition coefficient (Wildman–Crippen LogP) is 4.87. The number of aryl methyl sites for hydroxylation is 1. The van der Waals surface area contributed by atoms with Gasteiger partial charge in [0.1, 0.15) is 5.82 Å². The van der Waals surface area contributed by atoms with E-state index in [-0.39, 0.29) is 5.54 Å². The smallest absolute Gasteiger partial charge is 0.286 e. The molecule has 136 valence electrons. The summed E-state index contributed by atoms with van der Waals surface area (Å²) in [5.41, 5.74) is 2.72. The first-order valence-electron chi connectivity index (χ1n) is 8.85. The number of rotatable bonds is 3. The van der Waals surface area contributed by atoms with Gasteiger partial charge in [0.25, 0.3) is 5.89 Å². The lowest BCUT2D eigenvalue weighted by Crippen LogP contribution is -2.27. The zero-order valence-corrected chi connectivity index (χ0v) is 15.8. The predicted molar refractivity (Wildman–Crippen MR) is 106 cm³/mol. The van der Waals surface area contributed by atoms with E-state index < -0.39 is 0 Å². The van der Waals surface area contributed by atoms with E-state index in [0.717, 1.165) is 22.3 Å². The Kier molecular flexibility index (Phi) is 4.11. The van der Waals surface area contributed by atoms with Crippen molar-refractivity contribution < 1.29 is 4.42 Å². The highest BCUT2D eigenvalue weighted by molar-refractivity contribution is 5.90. The molecular formula is C21H21N5O. The number of para-hydroxylation sites is 1. The standard InChI is InChI=1S/C21H21N5O/c1-13-9-11-14(12-10-13)19-25-26-20(27-19)18-22-16-8-6-5-7-15(16)17(23-18)24-21(2,3)4/h5-12H,1-4H3,(H,22,23,24). The van der Waals surface area contributed by atoms with Gasteiger partial charge in [-0.2, -0.15) is 0 Å². The Labute approximate surface area is 157 Å². The summed E-state index contributed by atoms with van der Waals surface area (Å²) in [6, 6.07) is 15.8. The van der Waals surface area contributed by atoms with E-state index in [0.29, 0.717) is 17.6 Å². The van der Waals surface area contributed by atoms with Gasteiger partial charge in [-0.3, -0.25) is 0 Å². The molecule has 0 radical (unpaired) electrons. The number of nitrogens with one attached hydrogen (secondary N) is 1. The average Bonchev–Trinajstić information content (AvgIpc) is 3.11. The van der Waals surface area contributed by atoms with Gasteiger partial charge >= 0.3 is 0 Å². The van der Waals surface area contributed by atoms with Crippen LogP contribution in [0.4, 0.5) is 5.82 Å². The molecule has 0 aliphatic rings. The molecule has 0 bridgehead atoms. The van der Waals surface area contributed by atoms with E-state index in [1.807, 2.05) is 55.5 Å². The molecule has 4 aromatic rings. The quantitative estimate of drug-likeness (QED) is 0.562. The van der Waals surface area contributed by atoms with Crippen molar-refractivity contribution in [2.75, 3.05) is 5.32 Å². The lowest BCUT2D eigenvalue weighted by Gasteiger charge is -2.22. The first-order chi connectivity index (χ1) is 12.9. The van der Waals surface area contributed by atoms with Crippen molar-refractivity contribution in [2.45, 2.75) is 33.2 Å². The van der Waals surface area contributed by atoms with Crippen LogP contribution in [0.5, 0.6) is 0 Å². The van der Waals surface area contributed by atoms with Crippen LogP contribution in [0, 0.1) is 6.92 Å². The second-order valence-electron chi connectivity index (χ2n) is 7.57. The lowest BCUT2D eigenvalue weighted by molar-refractivity contribution is 0.579. The molecule has 4 rings (SSSR count). The highest BCUT2D eigenvalue weighted by Crippen LogP contribution is 2.28. The summed E-state index contributed by atoms with van der Waals surface area (Å²) in [6.07, 6.45) is 0. The maximum absolute atomic E-state index is 5.85. The molecule has 0 aliphatic carbocycles. The van der Waals surface area contributed by atoms with Crippen molar-refractivity contribution in [3.05, 3.63) is 54.1 Å². The molecule has 2 aromatic heterocycles. The number of benzene rings is 2. The minimum absolute atomic E-state index is 0.143. The Bertz CT molecular complexity index is 1090. The monoisotopic (exact) mass is 359 g/mol. The minimum Gasteiger partial charge on any atom is -0.413 e. The SMILES string of the molecule is Cc1ccc(-c2nnc(-c3nc(NC(C)(C)C)c4ccccc4n3)o2)cc1. The summed E-state index contributed by atoms with van der Waals surface area (Å²) in [4.78, 5) is 9.27. The van der Waals surface area contributed by atoms with Crippen molar-refractivity contribution in [3.63, 3.8) is 0 Å². The molecule has 2 heterocycles. The van der Waals surface area contributed by atoms with E-state index >= 15 is 0 Å². The summed E-state index contributed by atoms with van der Waals surface area (Å²) in [6.45, 7) is 8.30. The van der Waals surface area contributed by atoms with Crippen molar-refractivity contribution in [3.8, 4) is 23.2 Å². The normalized spacial score (nSPS) is 11.7. The number of aromatic nitrogens is 4. The molecule has 0 atom stereocenters. The molecule has 0 unspecified atom stereocenters. The summed E-state index contributed by atoms with van der Waals surface area (Å²) in [7, 11) is 0. The molecule has 2 aromatic carbocycles. The third-order valence-electron chi connectivity index (χ3n) is 4.01. The van der Waals surface area contributed by atoms with E-state index in [2.05, 4.69) is 46.3 Å². The van der Waals surface area contributed by atoms with Crippen LogP contribution in [0.3, 0.4) is 0 Å². The van der Waals surface area contributed by atoms with Crippen LogP contribution in [0.2, 0.25) is 0 Å². The highest BCUT2D eigenvalue weighted by Gasteiger charge is 2.18. The van der Waals surface area contributed by atoms with E-state index in [9.17, 15) is 0 Å². The zero-order valence-electron chi connectivity index (χ0n) is 15.8. The van der Waals surface area contributed by atoms with Crippen LogP contribution in [0.1, 0.15) is 26.3 Å². The van der Waals surface area contributed by atoms with Gasteiger partial charge in [0.15, 0.2) is 0 Å². The number of hydrogen-bond acceptors (Lipinski definition) is 6. The van der Waals surface area contributed by atoms with Gasteiger partial charge in [-0.25, -0.2) is 9.97 Å². The van der Waals surface area contributed by atoms with Crippen molar-refractivity contribution >= 4 is 16.7 Å². The van der Waals surface area contributed by atoms with Crippen molar-refractivity contribution in [1.29, 1.82) is 0 Å². The van der Waals surface area contributed by atoms with Gasteiger partial charge in [-0.1, -0.05) is 29.8 Å². The van der Waals surface area contributed by atoms with E-state index in [1.54, 1.807) is 0 Å².